The van der Waals surface area contributed by atoms with Crippen molar-refractivity contribution in [1.82, 2.24) is 16.0 Å². The van der Waals surface area contributed by atoms with E-state index in [-0.39, 0.29) is 72.0 Å². The maximum atomic E-state index is 13.8. The number of carbonyl (C=O) groups is 7. The topological polar surface area (TPSA) is 351 Å². The smallest absolute Gasteiger partial charge is 0.490 e. The van der Waals surface area contributed by atoms with Gasteiger partial charge in [-0.1, -0.05) is 72.8 Å². The molecule has 89 heavy (non-hydrogen) atoms. The Labute approximate surface area is 515 Å². The SMILES string of the molecule is NCCCC[C@@H](NC(=O)CCc1cccc(O)c1)C(=O)Nc1ccc(C(c2ccc(NC(=O)[C@@H](CCCCN)NC(=O)CCc3cccc(O)c3)cc2)c2ccc(NC(=O)[C@@H](CCCCN)NC(=O)CCc3cccc(O)c3)cc2)cc1.O=C(O)C(F)(F)F. The molecule has 0 spiro atoms. The second-order valence-corrected chi connectivity index (χ2v) is 21.3. The molecule has 20 nitrogen and oxygen atoms in total. The number of hydrogen-bond acceptors (Lipinski definition) is 13. The third kappa shape index (κ3) is 25.5. The first-order valence-electron chi connectivity index (χ1n) is 29.5. The Kier molecular flexibility index (Phi) is 29.1. The molecule has 16 N–H and O–H groups in total. The van der Waals surface area contributed by atoms with E-state index in [0.717, 1.165) is 33.4 Å². The van der Waals surface area contributed by atoms with Crippen LogP contribution in [0.15, 0.2) is 146 Å². The van der Waals surface area contributed by atoms with E-state index in [1.54, 1.807) is 91.0 Å². The van der Waals surface area contributed by atoms with Crippen molar-refractivity contribution < 1.29 is 67.2 Å². The molecule has 0 heterocycles. The number of aromatic hydroxyl groups is 3. The number of benzene rings is 6. The third-order valence-electron chi connectivity index (χ3n) is 14.2. The van der Waals surface area contributed by atoms with Gasteiger partial charge in [-0.05, 0) is 203 Å². The molecule has 6 aromatic carbocycles. The molecule has 0 aliphatic carbocycles. The molecule has 0 fully saturated rings. The van der Waals surface area contributed by atoms with Crippen LogP contribution in [0.1, 0.15) is 116 Å². The number of unbranched alkanes of at least 4 members (excludes halogenated alkanes) is 3. The second-order valence-electron chi connectivity index (χ2n) is 21.3. The quantitative estimate of drug-likeness (QED) is 0.0137. The van der Waals surface area contributed by atoms with E-state index >= 15 is 0 Å². The van der Waals surface area contributed by atoms with Crippen molar-refractivity contribution in [1.29, 1.82) is 0 Å². The fraction of sp³-hybridized carbons (Fsp3) is 0.348. The number of carbonyl (C=O) groups excluding carboxylic acids is 6. The maximum absolute atomic E-state index is 13.8. The van der Waals surface area contributed by atoms with Gasteiger partial charge in [-0.15, -0.1) is 0 Å². The molecule has 0 radical (unpaired) electrons. The highest BCUT2D eigenvalue weighted by Gasteiger charge is 2.38. The van der Waals surface area contributed by atoms with Crippen molar-refractivity contribution in [2.24, 2.45) is 17.2 Å². The minimum atomic E-state index is -5.08. The van der Waals surface area contributed by atoms with E-state index < -0.39 is 36.2 Å². The number of nitrogens with two attached hydrogens (primary N) is 3. The summed E-state index contributed by atoms with van der Waals surface area (Å²) in [6.45, 7) is 1.32. The van der Waals surface area contributed by atoms with Gasteiger partial charge in [0.25, 0.3) is 0 Å². The number of halogens is 3. The predicted octanol–water partition coefficient (Wildman–Crippen LogP) is 8.17. The van der Waals surface area contributed by atoms with Crippen LogP contribution in [-0.4, -0.2) is 106 Å². The minimum absolute atomic E-state index is 0.109. The Hall–Kier alpha value is -9.32. The van der Waals surface area contributed by atoms with Gasteiger partial charge in [0.2, 0.25) is 35.4 Å². The zero-order chi connectivity index (χ0) is 64.7. The van der Waals surface area contributed by atoms with Gasteiger partial charge in [0.1, 0.15) is 35.4 Å². The van der Waals surface area contributed by atoms with Crippen molar-refractivity contribution in [2.45, 2.75) is 127 Å². The standard InChI is InChI=1S/C64H79N9O9.C2HF3O2/c65-37-4-1-16-55(71-58(77)34-19-43-10-7-13-52(74)40-43)62(80)68-49-28-22-46(23-29-49)61(47-24-30-50(31-25-47)69-63(81)56(17-2-5-38-66)72-59(78)35-20-44-11-8-14-53(75)41-44)48-26-32-51(33-27-48)70-64(82)57(18-3-6-39-67)73-60(79)36-21-45-12-9-15-54(76)42-45;3-2(4,5)1(6)7/h7-15,22-33,40-42,55-57,61,74-76H,1-6,16-21,34-39,65-67H2,(H,68,80)(H,69,81)(H,70,82)(H,71,77)(H,72,78)(H,73,79);(H,6,7)/t55-,56-,57-;/m1./s1. The number of aryl methyl sites for hydroxylation is 3. The van der Waals surface area contributed by atoms with Crippen LogP contribution in [0.5, 0.6) is 17.2 Å². The van der Waals surface area contributed by atoms with E-state index in [2.05, 4.69) is 31.9 Å². The van der Waals surface area contributed by atoms with Crippen molar-refractivity contribution in [2.75, 3.05) is 35.6 Å². The Bertz CT molecular complexity index is 2920. The van der Waals surface area contributed by atoms with Crippen LogP contribution in [0.25, 0.3) is 0 Å². The monoisotopic (exact) mass is 1230 g/mol. The van der Waals surface area contributed by atoms with E-state index in [4.69, 9.17) is 27.1 Å². The van der Waals surface area contributed by atoms with Crippen LogP contribution in [0.4, 0.5) is 30.2 Å². The zero-order valence-corrected chi connectivity index (χ0v) is 49.4. The minimum Gasteiger partial charge on any atom is -0.508 e. The summed E-state index contributed by atoms with van der Waals surface area (Å²) in [7, 11) is 0. The normalized spacial score (nSPS) is 12.1. The Morgan fingerprint density at radius 3 is 0.888 bits per heavy atom. The number of nitrogens with one attached hydrogen (secondary N) is 6. The number of phenolic OH excluding ortho intramolecular Hbond substituents is 3. The van der Waals surface area contributed by atoms with E-state index in [9.17, 15) is 57.3 Å². The van der Waals surface area contributed by atoms with Gasteiger partial charge >= 0.3 is 12.1 Å². The molecule has 3 atom stereocenters. The van der Waals surface area contributed by atoms with Crippen molar-refractivity contribution in [3.05, 3.63) is 179 Å². The Morgan fingerprint density at radius 2 is 0.663 bits per heavy atom. The second kappa shape index (κ2) is 36.7. The van der Waals surface area contributed by atoms with Gasteiger partial charge in [0.15, 0.2) is 0 Å². The first kappa shape index (κ1) is 70.4. The molecule has 23 heteroatoms. The largest absolute Gasteiger partial charge is 0.508 e. The maximum Gasteiger partial charge on any atom is 0.490 e. The molecule has 0 saturated heterocycles. The number of carboxylic acids is 1. The third-order valence-corrected chi connectivity index (χ3v) is 14.2. The first-order chi connectivity index (χ1) is 42.6. The molecule has 476 valence electrons. The summed E-state index contributed by atoms with van der Waals surface area (Å²) in [5, 5.41) is 54.4. The number of hydrogen-bond donors (Lipinski definition) is 13. The van der Waals surface area contributed by atoms with E-state index in [1.165, 1.54) is 0 Å². The summed E-state index contributed by atoms with van der Waals surface area (Å²) in [6, 6.07) is 39.7. The van der Waals surface area contributed by atoms with Gasteiger partial charge in [-0.2, -0.15) is 13.2 Å². The van der Waals surface area contributed by atoms with Gasteiger partial charge in [0, 0.05) is 42.2 Å². The number of amides is 6. The summed E-state index contributed by atoms with van der Waals surface area (Å²) in [5.74, 6) is -4.89. The lowest BCUT2D eigenvalue weighted by Gasteiger charge is -2.22. The van der Waals surface area contributed by atoms with Crippen LogP contribution in [-0.2, 0) is 52.8 Å². The van der Waals surface area contributed by atoms with Crippen LogP contribution < -0.4 is 49.1 Å². The molecule has 0 unspecified atom stereocenters. The molecular weight excluding hydrogens is 1150 g/mol. The van der Waals surface area contributed by atoms with Crippen molar-refractivity contribution >= 4 is 58.5 Å². The highest BCUT2D eigenvalue weighted by atomic mass is 19.4. The molecule has 0 aliphatic heterocycles. The van der Waals surface area contributed by atoms with Gasteiger partial charge < -0.3 is 69.5 Å². The molecule has 0 saturated carbocycles. The van der Waals surface area contributed by atoms with Gasteiger partial charge in [-0.3, -0.25) is 28.8 Å². The Morgan fingerprint density at radius 1 is 0.404 bits per heavy atom. The number of carboxylic acid groups (broad SMARTS) is 1. The molecular formula is C66H80F3N9O11. The lowest BCUT2D eigenvalue weighted by Crippen LogP contribution is -2.44. The average Bonchev–Trinajstić information content (AvgIpc) is 1.38. The van der Waals surface area contributed by atoms with Crippen LogP contribution in [0.3, 0.4) is 0 Å². The number of aliphatic carboxylic acids is 1. The lowest BCUT2D eigenvalue weighted by atomic mass is 9.85. The highest BCUT2D eigenvalue weighted by molar-refractivity contribution is 5.99. The number of phenols is 3. The average molecular weight is 1230 g/mol. The fourth-order valence-electron chi connectivity index (χ4n) is 9.54. The molecule has 6 amide bonds. The van der Waals surface area contributed by atoms with Crippen LogP contribution in [0.2, 0.25) is 0 Å². The van der Waals surface area contributed by atoms with E-state index in [1.807, 2.05) is 54.6 Å². The number of rotatable bonds is 33. The molecule has 6 rings (SSSR count). The highest BCUT2D eigenvalue weighted by Crippen LogP contribution is 2.34. The summed E-state index contributed by atoms with van der Waals surface area (Å²) in [6.07, 6.45) is 1.45. The van der Waals surface area contributed by atoms with Crippen molar-refractivity contribution in [3.8, 4) is 17.2 Å². The summed E-state index contributed by atoms with van der Waals surface area (Å²) >= 11 is 0. The fourth-order valence-corrected chi connectivity index (χ4v) is 9.54. The lowest BCUT2D eigenvalue weighted by molar-refractivity contribution is -0.192. The predicted molar refractivity (Wildman–Crippen MR) is 334 cm³/mol. The van der Waals surface area contributed by atoms with Crippen LogP contribution in [0, 0.1) is 0 Å². The molecule has 0 bridgehead atoms. The number of anilines is 3. The summed E-state index contributed by atoms with van der Waals surface area (Å²) in [4.78, 5) is 89.8. The zero-order valence-electron chi connectivity index (χ0n) is 49.4. The van der Waals surface area contributed by atoms with Crippen molar-refractivity contribution in [3.63, 3.8) is 0 Å². The summed E-state index contributed by atoms with van der Waals surface area (Å²) < 4.78 is 31.7. The first-order valence-corrected chi connectivity index (χ1v) is 29.5. The Balaban J connectivity index is 0.00000194. The van der Waals surface area contributed by atoms with Gasteiger partial charge in [-0.25, -0.2) is 4.79 Å². The molecule has 6 aromatic rings. The van der Waals surface area contributed by atoms with Crippen LogP contribution >= 0.6 is 0 Å². The summed E-state index contributed by atoms with van der Waals surface area (Å²) in [5.41, 5.74) is 23.7. The molecule has 0 aromatic heterocycles. The number of alkyl halides is 3. The van der Waals surface area contributed by atoms with Gasteiger partial charge in [0.05, 0.1) is 0 Å². The van der Waals surface area contributed by atoms with E-state index in [0.29, 0.717) is 114 Å². The molecule has 0 aliphatic rings.